The van der Waals surface area contributed by atoms with Gasteiger partial charge < -0.3 is 10.2 Å². The Labute approximate surface area is 126 Å². The first-order valence-electron chi connectivity index (χ1n) is 7.88. The summed E-state index contributed by atoms with van der Waals surface area (Å²) in [7, 11) is 0. The third-order valence-corrected chi connectivity index (χ3v) is 4.64. The summed E-state index contributed by atoms with van der Waals surface area (Å²) in [4.78, 5) is 21.3. The predicted molar refractivity (Wildman–Crippen MR) is 81.7 cm³/mol. The van der Waals surface area contributed by atoms with Crippen LogP contribution in [0.5, 0.6) is 0 Å². The van der Waals surface area contributed by atoms with E-state index in [0.717, 1.165) is 51.4 Å². The van der Waals surface area contributed by atoms with Crippen molar-refractivity contribution in [1.82, 2.24) is 20.1 Å². The highest BCUT2D eigenvalue weighted by atomic mass is 16.2. The van der Waals surface area contributed by atoms with E-state index in [-0.39, 0.29) is 5.92 Å². The van der Waals surface area contributed by atoms with Gasteiger partial charge in [0.25, 0.3) is 0 Å². The van der Waals surface area contributed by atoms with Gasteiger partial charge >= 0.3 is 0 Å². The van der Waals surface area contributed by atoms with E-state index in [1.165, 1.54) is 0 Å². The molecule has 2 unspecified atom stereocenters. The molecule has 0 saturated carbocycles. The van der Waals surface area contributed by atoms with Gasteiger partial charge in [-0.15, -0.1) is 0 Å². The molecule has 1 aromatic rings. The van der Waals surface area contributed by atoms with Crippen LogP contribution in [0.2, 0.25) is 0 Å². The number of carbonyl (C=O) groups excluding carboxylic acids is 1. The van der Waals surface area contributed by atoms with Gasteiger partial charge in [0.15, 0.2) is 0 Å². The fourth-order valence-electron chi connectivity index (χ4n) is 3.28. The molecule has 0 radical (unpaired) electrons. The highest BCUT2D eigenvalue weighted by Gasteiger charge is 2.33. The maximum atomic E-state index is 12.5. The summed E-state index contributed by atoms with van der Waals surface area (Å²) in [5.74, 6) is 0.511. The number of nitrogens with one attached hydrogen (secondary N) is 1. The fourth-order valence-corrected chi connectivity index (χ4v) is 3.28. The molecule has 5 nitrogen and oxygen atoms in total. The second-order valence-electron chi connectivity index (χ2n) is 6.06. The van der Waals surface area contributed by atoms with Gasteiger partial charge in [0, 0.05) is 45.0 Å². The number of aromatic nitrogens is 1. The largest absolute Gasteiger partial charge is 0.340 e. The number of amides is 1. The number of rotatable bonds is 3. The smallest absolute Gasteiger partial charge is 0.227 e. The Balaban J connectivity index is 1.50. The Bertz CT molecular complexity index is 470. The van der Waals surface area contributed by atoms with E-state index < -0.39 is 0 Å². The van der Waals surface area contributed by atoms with E-state index >= 15 is 0 Å². The van der Waals surface area contributed by atoms with Gasteiger partial charge in [0.2, 0.25) is 5.91 Å². The molecule has 2 saturated heterocycles. The van der Waals surface area contributed by atoms with Crippen molar-refractivity contribution in [2.45, 2.75) is 25.9 Å². The minimum Gasteiger partial charge on any atom is -0.340 e. The van der Waals surface area contributed by atoms with Crippen molar-refractivity contribution in [2.24, 2.45) is 5.92 Å². The molecule has 5 heteroatoms. The van der Waals surface area contributed by atoms with Crippen LogP contribution in [0, 0.1) is 5.92 Å². The van der Waals surface area contributed by atoms with Crippen molar-refractivity contribution in [2.75, 3.05) is 32.7 Å². The van der Waals surface area contributed by atoms with Crippen molar-refractivity contribution in [3.05, 3.63) is 30.1 Å². The molecule has 1 N–H and O–H groups in total. The van der Waals surface area contributed by atoms with Gasteiger partial charge in [-0.2, -0.15) is 0 Å². The fraction of sp³-hybridized carbons (Fsp3) is 0.625. The average molecular weight is 288 g/mol. The summed E-state index contributed by atoms with van der Waals surface area (Å²) >= 11 is 0. The zero-order chi connectivity index (χ0) is 14.7. The van der Waals surface area contributed by atoms with Crippen LogP contribution in [0.25, 0.3) is 0 Å². The minimum atomic E-state index is 0.173. The van der Waals surface area contributed by atoms with E-state index in [4.69, 9.17) is 0 Å². The lowest BCUT2D eigenvalue weighted by Gasteiger charge is -2.36. The highest BCUT2D eigenvalue weighted by Crippen LogP contribution is 2.19. The van der Waals surface area contributed by atoms with Crippen LogP contribution in [0.3, 0.4) is 0 Å². The summed E-state index contributed by atoms with van der Waals surface area (Å²) in [5.41, 5.74) is 1.10. The van der Waals surface area contributed by atoms with Crippen LogP contribution in [0.1, 0.15) is 19.0 Å². The number of hydrogen-bond donors (Lipinski definition) is 1. The van der Waals surface area contributed by atoms with Gasteiger partial charge in [0.1, 0.15) is 0 Å². The molecule has 0 spiro atoms. The third kappa shape index (κ3) is 3.41. The Morgan fingerprint density at radius 3 is 2.76 bits per heavy atom. The number of piperazine rings is 1. The molecule has 2 atom stereocenters. The van der Waals surface area contributed by atoms with Crippen molar-refractivity contribution in [1.29, 1.82) is 0 Å². The van der Waals surface area contributed by atoms with E-state index in [2.05, 4.69) is 28.2 Å². The second kappa shape index (κ2) is 6.54. The molecular weight excluding hydrogens is 264 g/mol. The van der Waals surface area contributed by atoms with E-state index in [1.54, 1.807) is 0 Å². The van der Waals surface area contributed by atoms with Gasteiger partial charge in [-0.3, -0.25) is 14.7 Å². The van der Waals surface area contributed by atoms with Crippen LogP contribution in [0.4, 0.5) is 0 Å². The number of pyridine rings is 1. The van der Waals surface area contributed by atoms with Crippen molar-refractivity contribution >= 4 is 5.91 Å². The molecule has 21 heavy (non-hydrogen) atoms. The zero-order valence-electron chi connectivity index (χ0n) is 12.7. The van der Waals surface area contributed by atoms with Crippen LogP contribution in [0.15, 0.2) is 24.4 Å². The SMILES string of the molecule is CC1NCCC1C(=O)N1CCN(Cc2ccccn2)CC1. The Hall–Kier alpha value is -1.46. The average Bonchev–Trinajstić information content (AvgIpc) is 2.94. The molecule has 3 heterocycles. The standard InChI is InChI=1S/C16H24N4O/c1-13-15(5-7-17-13)16(21)20-10-8-19(9-11-20)12-14-4-2-3-6-18-14/h2-4,6,13,15,17H,5,7-12H2,1H3. The number of nitrogens with zero attached hydrogens (tertiary/aromatic N) is 3. The first kappa shape index (κ1) is 14.5. The quantitative estimate of drug-likeness (QED) is 0.890. The van der Waals surface area contributed by atoms with Gasteiger partial charge in [-0.05, 0) is 32.0 Å². The Morgan fingerprint density at radius 1 is 1.33 bits per heavy atom. The van der Waals surface area contributed by atoms with Crippen LogP contribution in [-0.2, 0) is 11.3 Å². The zero-order valence-corrected chi connectivity index (χ0v) is 12.7. The molecule has 1 amide bonds. The van der Waals surface area contributed by atoms with E-state index in [0.29, 0.717) is 11.9 Å². The number of hydrogen-bond acceptors (Lipinski definition) is 4. The topological polar surface area (TPSA) is 48.5 Å². The predicted octanol–water partition coefficient (Wildman–Crippen LogP) is 0.724. The molecule has 2 aliphatic heterocycles. The summed E-state index contributed by atoms with van der Waals surface area (Å²) in [6, 6.07) is 6.35. The third-order valence-electron chi connectivity index (χ3n) is 4.64. The van der Waals surface area contributed by atoms with E-state index in [9.17, 15) is 4.79 Å². The molecular formula is C16H24N4O. The van der Waals surface area contributed by atoms with Crippen LogP contribution >= 0.6 is 0 Å². The summed E-state index contributed by atoms with van der Waals surface area (Å²) in [6.45, 7) is 7.53. The molecule has 0 aromatic carbocycles. The summed E-state index contributed by atoms with van der Waals surface area (Å²) < 4.78 is 0. The molecule has 114 valence electrons. The first-order chi connectivity index (χ1) is 10.2. The lowest BCUT2D eigenvalue weighted by Crippen LogP contribution is -2.51. The maximum absolute atomic E-state index is 12.5. The molecule has 2 fully saturated rings. The van der Waals surface area contributed by atoms with Crippen LogP contribution in [-0.4, -0.2) is 59.5 Å². The molecule has 0 bridgehead atoms. The second-order valence-corrected chi connectivity index (χ2v) is 6.06. The maximum Gasteiger partial charge on any atom is 0.227 e. The lowest BCUT2D eigenvalue weighted by atomic mass is 10.00. The Kier molecular flexibility index (Phi) is 4.51. The monoisotopic (exact) mass is 288 g/mol. The van der Waals surface area contributed by atoms with Gasteiger partial charge in [-0.25, -0.2) is 0 Å². The first-order valence-corrected chi connectivity index (χ1v) is 7.88. The molecule has 1 aromatic heterocycles. The normalized spacial score (nSPS) is 27.0. The van der Waals surface area contributed by atoms with Gasteiger partial charge in [-0.1, -0.05) is 6.07 Å². The molecule has 3 rings (SSSR count). The Morgan fingerprint density at radius 2 is 2.14 bits per heavy atom. The molecule has 0 aliphatic carbocycles. The van der Waals surface area contributed by atoms with E-state index in [1.807, 2.05) is 23.2 Å². The minimum absolute atomic E-state index is 0.173. The highest BCUT2D eigenvalue weighted by molar-refractivity contribution is 5.80. The summed E-state index contributed by atoms with van der Waals surface area (Å²) in [5, 5.41) is 3.36. The lowest BCUT2D eigenvalue weighted by molar-refractivity contribution is -0.137. The van der Waals surface area contributed by atoms with Crippen LogP contribution < -0.4 is 5.32 Å². The van der Waals surface area contributed by atoms with Crippen molar-refractivity contribution < 1.29 is 4.79 Å². The summed E-state index contributed by atoms with van der Waals surface area (Å²) in [6.07, 6.45) is 2.82. The van der Waals surface area contributed by atoms with Crippen molar-refractivity contribution in [3.63, 3.8) is 0 Å². The van der Waals surface area contributed by atoms with Gasteiger partial charge in [0.05, 0.1) is 11.6 Å². The van der Waals surface area contributed by atoms with Crippen molar-refractivity contribution in [3.8, 4) is 0 Å². The molecule has 2 aliphatic rings. The number of carbonyl (C=O) groups is 1.